The monoisotopic (exact) mass is 278 g/mol. The molecule has 0 aliphatic carbocycles. The van der Waals surface area contributed by atoms with Gasteiger partial charge in [-0.3, -0.25) is 4.57 Å². The van der Waals surface area contributed by atoms with Crippen molar-refractivity contribution in [2.75, 3.05) is 5.73 Å². The van der Waals surface area contributed by atoms with Crippen LogP contribution in [0.1, 0.15) is 25.0 Å². The van der Waals surface area contributed by atoms with Gasteiger partial charge in [-0.25, -0.2) is 9.78 Å². The van der Waals surface area contributed by atoms with Crippen LogP contribution in [0.15, 0.2) is 23.3 Å². The quantitative estimate of drug-likeness (QED) is 0.932. The first-order valence-corrected chi connectivity index (χ1v) is 6.47. The van der Waals surface area contributed by atoms with Gasteiger partial charge in [0.25, 0.3) is 0 Å². The third kappa shape index (κ3) is 2.61. The van der Waals surface area contributed by atoms with Gasteiger partial charge in [0.15, 0.2) is 0 Å². The molecule has 0 saturated carbocycles. The molecule has 2 N–H and O–H groups in total. The van der Waals surface area contributed by atoms with E-state index in [0.29, 0.717) is 5.02 Å². The molecule has 1 aromatic carbocycles. The second-order valence-electron chi connectivity index (χ2n) is 4.15. The molecule has 19 heavy (non-hydrogen) atoms. The van der Waals surface area contributed by atoms with Crippen molar-refractivity contribution in [3.63, 3.8) is 0 Å². The fourth-order valence-corrected chi connectivity index (χ4v) is 2.33. The zero-order valence-electron chi connectivity index (χ0n) is 10.9. The molecule has 0 atom stereocenters. The van der Waals surface area contributed by atoms with Gasteiger partial charge in [-0.05, 0) is 36.1 Å². The maximum atomic E-state index is 12.0. The van der Waals surface area contributed by atoms with Gasteiger partial charge < -0.3 is 5.73 Å². The van der Waals surface area contributed by atoms with Crippen molar-refractivity contribution in [1.82, 2.24) is 14.5 Å². The lowest BCUT2D eigenvalue weighted by Crippen LogP contribution is -2.25. The molecule has 0 aliphatic rings. The number of anilines is 1. The number of aryl methyl sites for hydroxylation is 2. The summed E-state index contributed by atoms with van der Waals surface area (Å²) in [5.74, 6) is -0.0219. The zero-order chi connectivity index (χ0) is 14.0. The van der Waals surface area contributed by atoms with Crippen LogP contribution in [0.4, 0.5) is 5.95 Å². The number of nitrogens with zero attached hydrogens (tertiary/aromatic N) is 3. The second kappa shape index (κ2) is 5.40. The van der Waals surface area contributed by atoms with Crippen LogP contribution in [0.3, 0.4) is 0 Å². The predicted molar refractivity (Wildman–Crippen MR) is 75.8 cm³/mol. The molecular weight excluding hydrogens is 264 g/mol. The highest BCUT2D eigenvalue weighted by molar-refractivity contribution is 6.30. The maximum Gasteiger partial charge on any atom is 0.356 e. The lowest BCUT2D eigenvalue weighted by atomic mass is 10.0. The first-order chi connectivity index (χ1) is 9.06. The molecular formula is C13H15ClN4O. The Morgan fingerprint density at radius 2 is 1.84 bits per heavy atom. The first-order valence-electron chi connectivity index (χ1n) is 6.09. The number of hydrogen-bond acceptors (Lipinski definition) is 4. The molecule has 0 unspecified atom stereocenters. The number of rotatable bonds is 3. The van der Waals surface area contributed by atoms with Crippen LogP contribution in [0.2, 0.25) is 5.02 Å². The summed E-state index contributed by atoms with van der Waals surface area (Å²) in [6.07, 6.45) is 2.94. The highest BCUT2D eigenvalue weighted by Gasteiger charge is 2.12. The maximum absolute atomic E-state index is 12.0. The summed E-state index contributed by atoms with van der Waals surface area (Å²) in [5, 5.41) is 0.668. The summed E-state index contributed by atoms with van der Waals surface area (Å²) < 4.78 is 1.42. The average molecular weight is 279 g/mol. The van der Waals surface area contributed by atoms with Crippen molar-refractivity contribution in [3.05, 3.63) is 45.1 Å². The van der Waals surface area contributed by atoms with Crippen molar-refractivity contribution in [1.29, 1.82) is 0 Å². The third-order valence-corrected chi connectivity index (χ3v) is 3.18. The van der Waals surface area contributed by atoms with E-state index in [1.54, 1.807) is 0 Å². The highest BCUT2D eigenvalue weighted by Crippen LogP contribution is 2.24. The summed E-state index contributed by atoms with van der Waals surface area (Å²) in [7, 11) is 0. The summed E-state index contributed by atoms with van der Waals surface area (Å²) in [6.45, 7) is 4.02. The minimum absolute atomic E-state index is 0.0219. The van der Waals surface area contributed by atoms with Crippen molar-refractivity contribution in [2.24, 2.45) is 0 Å². The SMILES string of the molecule is CCc1cc(Cl)cc(CC)c1-n1cnc(N)nc1=O. The molecule has 1 aromatic heterocycles. The largest absolute Gasteiger partial charge is 0.368 e. The molecule has 5 nitrogen and oxygen atoms in total. The van der Waals surface area contributed by atoms with E-state index in [4.69, 9.17) is 17.3 Å². The molecule has 1 heterocycles. The Bertz CT molecular complexity index is 641. The van der Waals surface area contributed by atoms with E-state index in [-0.39, 0.29) is 5.95 Å². The summed E-state index contributed by atoms with van der Waals surface area (Å²) >= 11 is 6.09. The Hall–Kier alpha value is -1.88. The molecule has 0 spiro atoms. The average Bonchev–Trinajstić information content (AvgIpc) is 2.38. The Kier molecular flexibility index (Phi) is 3.85. The van der Waals surface area contributed by atoms with E-state index >= 15 is 0 Å². The van der Waals surface area contributed by atoms with Crippen LogP contribution in [0, 0.1) is 0 Å². The third-order valence-electron chi connectivity index (χ3n) is 2.96. The number of nitrogen functional groups attached to an aromatic ring is 1. The second-order valence-corrected chi connectivity index (χ2v) is 4.58. The van der Waals surface area contributed by atoms with Crippen LogP contribution < -0.4 is 11.4 Å². The Balaban J connectivity index is 2.76. The highest BCUT2D eigenvalue weighted by atomic mass is 35.5. The number of benzene rings is 1. The Morgan fingerprint density at radius 1 is 1.26 bits per heavy atom. The molecule has 100 valence electrons. The minimum atomic E-state index is -0.431. The van der Waals surface area contributed by atoms with Gasteiger partial charge in [0.2, 0.25) is 5.95 Å². The molecule has 0 saturated heterocycles. The Labute approximate surface area is 116 Å². The summed E-state index contributed by atoms with van der Waals surface area (Å²) in [4.78, 5) is 19.5. The minimum Gasteiger partial charge on any atom is -0.368 e. The van der Waals surface area contributed by atoms with Gasteiger partial charge in [-0.2, -0.15) is 4.98 Å². The van der Waals surface area contributed by atoms with Gasteiger partial charge in [0, 0.05) is 5.02 Å². The molecule has 2 aromatic rings. The smallest absolute Gasteiger partial charge is 0.356 e. The van der Waals surface area contributed by atoms with Gasteiger partial charge in [-0.1, -0.05) is 25.4 Å². The van der Waals surface area contributed by atoms with Crippen molar-refractivity contribution < 1.29 is 0 Å². The van der Waals surface area contributed by atoms with Gasteiger partial charge in [-0.15, -0.1) is 0 Å². The molecule has 0 radical (unpaired) electrons. The molecule has 0 amide bonds. The molecule has 2 rings (SSSR count). The predicted octanol–water partition coefficient (Wildman–Crippen LogP) is 1.99. The number of aromatic nitrogens is 3. The van der Waals surface area contributed by atoms with Gasteiger partial charge >= 0.3 is 5.69 Å². The molecule has 0 fully saturated rings. The molecule has 6 heteroatoms. The molecule has 0 aliphatic heterocycles. The van der Waals surface area contributed by atoms with Crippen LogP contribution >= 0.6 is 11.6 Å². The van der Waals surface area contributed by atoms with Crippen LogP contribution in [-0.2, 0) is 12.8 Å². The molecule has 0 bridgehead atoms. The van der Waals surface area contributed by atoms with Crippen LogP contribution in [-0.4, -0.2) is 14.5 Å². The standard InChI is InChI=1S/C13H15ClN4O/c1-3-8-5-10(14)6-9(4-2)11(8)18-7-16-12(15)17-13(18)19/h5-7H,3-4H2,1-2H3,(H2,15,17,19). The number of halogens is 1. The zero-order valence-corrected chi connectivity index (χ0v) is 11.6. The van der Waals surface area contributed by atoms with Crippen molar-refractivity contribution in [3.8, 4) is 5.69 Å². The number of hydrogen-bond donors (Lipinski definition) is 1. The lowest BCUT2D eigenvalue weighted by molar-refractivity contribution is 0.841. The fourth-order valence-electron chi connectivity index (χ4n) is 2.07. The first kappa shape index (κ1) is 13.5. The van der Waals surface area contributed by atoms with E-state index in [1.165, 1.54) is 10.9 Å². The summed E-state index contributed by atoms with van der Waals surface area (Å²) in [6, 6.07) is 3.72. The van der Waals surface area contributed by atoms with Gasteiger partial charge in [0.1, 0.15) is 6.33 Å². The van der Waals surface area contributed by atoms with E-state index in [9.17, 15) is 4.79 Å². The van der Waals surface area contributed by atoms with E-state index in [0.717, 1.165) is 29.7 Å². The van der Waals surface area contributed by atoms with Crippen LogP contribution in [0.25, 0.3) is 5.69 Å². The van der Waals surface area contributed by atoms with Crippen LogP contribution in [0.5, 0.6) is 0 Å². The van der Waals surface area contributed by atoms with E-state index in [2.05, 4.69) is 9.97 Å². The van der Waals surface area contributed by atoms with E-state index < -0.39 is 5.69 Å². The fraction of sp³-hybridized carbons (Fsp3) is 0.308. The normalized spacial score (nSPS) is 10.7. The van der Waals surface area contributed by atoms with Crippen molar-refractivity contribution >= 4 is 17.5 Å². The summed E-state index contributed by atoms with van der Waals surface area (Å²) in [5.41, 5.74) is 7.76. The van der Waals surface area contributed by atoms with Crippen molar-refractivity contribution in [2.45, 2.75) is 26.7 Å². The Morgan fingerprint density at radius 3 is 2.32 bits per heavy atom. The van der Waals surface area contributed by atoms with E-state index in [1.807, 2.05) is 26.0 Å². The van der Waals surface area contributed by atoms with Gasteiger partial charge in [0.05, 0.1) is 5.69 Å². The number of nitrogens with two attached hydrogens (primary N) is 1. The topological polar surface area (TPSA) is 73.8 Å². The lowest BCUT2D eigenvalue weighted by Gasteiger charge is -2.15.